The summed E-state index contributed by atoms with van der Waals surface area (Å²) >= 11 is 5.47. The van der Waals surface area contributed by atoms with Crippen LogP contribution in [-0.4, -0.2) is 27.7 Å². The van der Waals surface area contributed by atoms with E-state index in [-0.39, 0.29) is 24.2 Å². The van der Waals surface area contributed by atoms with E-state index in [4.69, 9.17) is 16.7 Å². The van der Waals surface area contributed by atoms with E-state index >= 15 is 4.39 Å². The van der Waals surface area contributed by atoms with Crippen LogP contribution in [0, 0.1) is 11.6 Å². The van der Waals surface area contributed by atoms with Crippen LogP contribution in [0.25, 0.3) is 0 Å². The number of benzene rings is 1. The Hall–Kier alpha value is -2.32. The van der Waals surface area contributed by atoms with Gasteiger partial charge in [0.05, 0.1) is 5.56 Å². The van der Waals surface area contributed by atoms with Gasteiger partial charge in [-0.15, -0.1) is 0 Å². The Labute approximate surface area is 152 Å². The van der Waals surface area contributed by atoms with E-state index in [1.807, 2.05) is 0 Å². The second kappa shape index (κ2) is 8.37. The molecule has 0 aliphatic rings. The van der Waals surface area contributed by atoms with Gasteiger partial charge in [0.15, 0.2) is 0 Å². The molecule has 0 fully saturated rings. The third kappa shape index (κ3) is 4.08. The van der Waals surface area contributed by atoms with Gasteiger partial charge in [-0.1, -0.05) is 17.7 Å². The largest absolute Gasteiger partial charge is 0.493 e. The zero-order valence-corrected chi connectivity index (χ0v) is 14.2. The number of aromatic hydroxyl groups is 1. The molecule has 0 saturated carbocycles. The lowest BCUT2D eigenvalue weighted by Gasteiger charge is -2.25. The van der Waals surface area contributed by atoms with Gasteiger partial charge in [0.25, 0.3) is 5.91 Å². The number of aliphatic hydroxyl groups is 1. The van der Waals surface area contributed by atoms with Gasteiger partial charge in [-0.05, 0) is 31.0 Å². The lowest BCUT2D eigenvalue weighted by atomic mass is 9.90. The number of alkyl halides is 1. The first kappa shape index (κ1) is 20.0. The Kier molecular flexibility index (Phi) is 6.44. The predicted octanol–water partition coefficient (Wildman–Crippen LogP) is 2.97. The molecule has 140 valence electrons. The molecule has 0 bridgehead atoms. The Morgan fingerprint density at radius 2 is 2.04 bits per heavy atom. The molecule has 0 aliphatic heterocycles. The first-order valence-corrected chi connectivity index (χ1v) is 8.04. The summed E-state index contributed by atoms with van der Waals surface area (Å²) in [6.07, 6.45) is 0.731. The van der Waals surface area contributed by atoms with E-state index in [0.717, 1.165) is 12.1 Å². The predicted molar refractivity (Wildman–Crippen MR) is 88.2 cm³/mol. The van der Waals surface area contributed by atoms with Gasteiger partial charge in [0.1, 0.15) is 16.7 Å². The third-order valence-corrected chi connectivity index (χ3v) is 4.15. The molecule has 2 aromatic rings. The van der Waals surface area contributed by atoms with E-state index < -0.39 is 47.1 Å². The molecule has 5 nitrogen and oxygen atoms in total. The molecular weight excluding hydrogens is 373 g/mol. The molecule has 2 rings (SSSR count). The minimum atomic E-state index is -2.69. The summed E-state index contributed by atoms with van der Waals surface area (Å²) < 4.78 is 42.5. The van der Waals surface area contributed by atoms with Crippen molar-refractivity contribution in [3.8, 4) is 5.88 Å². The normalized spacial score (nSPS) is 13.3. The zero-order chi connectivity index (χ0) is 19.3. The van der Waals surface area contributed by atoms with Crippen molar-refractivity contribution in [2.24, 2.45) is 0 Å². The van der Waals surface area contributed by atoms with Gasteiger partial charge in [0, 0.05) is 24.9 Å². The molecule has 9 heteroatoms. The van der Waals surface area contributed by atoms with Crippen molar-refractivity contribution in [3.05, 3.63) is 58.2 Å². The Balaban J connectivity index is 2.25. The summed E-state index contributed by atoms with van der Waals surface area (Å²) in [5.74, 6) is -3.84. The van der Waals surface area contributed by atoms with Crippen LogP contribution in [0.5, 0.6) is 5.88 Å². The van der Waals surface area contributed by atoms with Crippen LogP contribution in [-0.2, 0) is 17.0 Å². The fourth-order valence-corrected chi connectivity index (χ4v) is 2.60. The van der Waals surface area contributed by atoms with Crippen LogP contribution < -0.4 is 5.32 Å². The van der Waals surface area contributed by atoms with Gasteiger partial charge in [0.2, 0.25) is 11.5 Å². The monoisotopic (exact) mass is 388 g/mol. The second-order valence-corrected chi connectivity index (χ2v) is 5.90. The maximum Gasteiger partial charge on any atom is 0.262 e. The van der Waals surface area contributed by atoms with Gasteiger partial charge in [-0.25, -0.2) is 18.2 Å². The van der Waals surface area contributed by atoms with Crippen molar-refractivity contribution in [1.82, 2.24) is 10.3 Å². The minimum Gasteiger partial charge on any atom is -0.493 e. The second-order valence-electron chi connectivity index (χ2n) is 5.52. The van der Waals surface area contributed by atoms with Crippen LogP contribution >= 0.6 is 11.6 Å². The smallest absolute Gasteiger partial charge is 0.262 e. The summed E-state index contributed by atoms with van der Waals surface area (Å²) in [7, 11) is 0. The van der Waals surface area contributed by atoms with Gasteiger partial charge >= 0.3 is 0 Å². The fraction of sp³-hybridized carbons (Fsp3) is 0.294. The molecule has 1 heterocycles. The van der Waals surface area contributed by atoms with Crippen LogP contribution in [0.1, 0.15) is 24.0 Å². The standard InChI is InChI=1S/C17H16ClF3N2O3/c18-13-12(19)5-4-10(14(13)20)9-23-16(26)17(21,6-2-8-24)11-3-1-7-22-15(11)25/h1,3-5,7,24H,2,6,8-9H2,(H,22,25)(H,23,26)/t17-/m0/s1. The van der Waals surface area contributed by atoms with Crippen molar-refractivity contribution in [2.75, 3.05) is 6.61 Å². The quantitative estimate of drug-likeness (QED) is 0.637. The van der Waals surface area contributed by atoms with Crippen LogP contribution in [0.2, 0.25) is 5.02 Å². The Morgan fingerprint density at radius 1 is 1.31 bits per heavy atom. The summed E-state index contributed by atoms with van der Waals surface area (Å²) in [5.41, 5.74) is -3.20. The SMILES string of the molecule is O=C(NCc1ccc(F)c(Cl)c1F)[C@](F)(CCCO)c1cccnc1O. The van der Waals surface area contributed by atoms with Crippen LogP contribution in [0.3, 0.4) is 0 Å². The molecule has 0 aliphatic carbocycles. The summed E-state index contributed by atoms with van der Waals surface area (Å²) in [5, 5.41) is 20.2. The number of pyridine rings is 1. The molecule has 1 amide bonds. The highest BCUT2D eigenvalue weighted by molar-refractivity contribution is 6.30. The molecule has 0 radical (unpaired) electrons. The molecule has 3 N–H and O–H groups in total. The van der Waals surface area contributed by atoms with Gasteiger partial charge in [-0.2, -0.15) is 0 Å². The Bertz CT molecular complexity index is 807. The first-order valence-electron chi connectivity index (χ1n) is 7.66. The van der Waals surface area contributed by atoms with Crippen LogP contribution in [0.4, 0.5) is 13.2 Å². The molecule has 1 aromatic heterocycles. The molecule has 1 atom stereocenters. The fourth-order valence-electron chi connectivity index (χ4n) is 2.42. The van der Waals surface area contributed by atoms with E-state index in [9.17, 15) is 18.7 Å². The molecule has 1 aromatic carbocycles. The van der Waals surface area contributed by atoms with E-state index in [1.165, 1.54) is 18.3 Å². The highest BCUT2D eigenvalue weighted by Gasteiger charge is 2.42. The molecular formula is C17H16ClF3N2O3. The van der Waals surface area contributed by atoms with Crippen molar-refractivity contribution in [1.29, 1.82) is 0 Å². The molecule has 0 saturated heterocycles. The number of carbonyl (C=O) groups excluding carboxylic acids is 1. The summed E-state index contributed by atoms with van der Waals surface area (Å²) in [4.78, 5) is 16.0. The van der Waals surface area contributed by atoms with Gasteiger partial charge < -0.3 is 15.5 Å². The van der Waals surface area contributed by atoms with Crippen LogP contribution in [0.15, 0.2) is 30.5 Å². The number of hydrogen-bond acceptors (Lipinski definition) is 4. The topological polar surface area (TPSA) is 82.5 Å². The number of halogens is 4. The lowest BCUT2D eigenvalue weighted by Crippen LogP contribution is -2.41. The average Bonchev–Trinajstić information content (AvgIpc) is 2.63. The van der Waals surface area contributed by atoms with Crippen molar-refractivity contribution in [3.63, 3.8) is 0 Å². The number of aliphatic hydroxyl groups excluding tert-OH is 1. The third-order valence-electron chi connectivity index (χ3n) is 3.81. The zero-order valence-electron chi connectivity index (χ0n) is 13.5. The van der Waals surface area contributed by atoms with Crippen molar-refractivity contribution < 1.29 is 28.2 Å². The maximum absolute atomic E-state index is 15.4. The highest BCUT2D eigenvalue weighted by Crippen LogP contribution is 2.36. The maximum atomic E-state index is 15.4. The lowest BCUT2D eigenvalue weighted by molar-refractivity contribution is -0.134. The number of rotatable bonds is 7. The van der Waals surface area contributed by atoms with E-state index in [2.05, 4.69) is 10.3 Å². The Morgan fingerprint density at radius 3 is 2.69 bits per heavy atom. The average molecular weight is 389 g/mol. The highest BCUT2D eigenvalue weighted by atomic mass is 35.5. The van der Waals surface area contributed by atoms with E-state index in [1.54, 1.807) is 0 Å². The molecule has 0 spiro atoms. The molecule has 0 unspecified atom stereocenters. The number of aromatic nitrogens is 1. The summed E-state index contributed by atoms with van der Waals surface area (Å²) in [6.45, 7) is -0.821. The van der Waals surface area contributed by atoms with Crippen molar-refractivity contribution in [2.45, 2.75) is 25.1 Å². The first-order chi connectivity index (χ1) is 12.3. The number of nitrogens with one attached hydrogen (secondary N) is 1. The number of hydrogen-bond donors (Lipinski definition) is 3. The number of amides is 1. The molecule has 26 heavy (non-hydrogen) atoms. The van der Waals surface area contributed by atoms with E-state index in [0.29, 0.717) is 0 Å². The van der Waals surface area contributed by atoms with Gasteiger partial charge in [-0.3, -0.25) is 4.79 Å². The summed E-state index contributed by atoms with van der Waals surface area (Å²) in [6, 6.07) is 4.53. The minimum absolute atomic E-state index is 0.0605. The number of nitrogens with zero attached hydrogens (tertiary/aromatic N) is 1. The van der Waals surface area contributed by atoms with Crippen molar-refractivity contribution >= 4 is 17.5 Å². The number of carbonyl (C=O) groups is 1.